The molecule has 0 heteroatoms. The van der Waals surface area contributed by atoms with Crippen molar-refractivity contribution in [3.8, 4) is 0 Å². The van der Waals surface area contributed by atoms with Crippen LogP contribution in [0.2, 0.25) is 0 Å². The molecule has 0 aliphatic carbocycles. The van der Waals surface area contributed by atoms with E-state index in [0.29, 0.717) is 0 Å². The lowest BCUT2D eigenvalue weighted by atomic mass is 10.0. The first kappa shape index (κ1) is 10.0. The Hall–Kier alpha value is -1.04. The van der Waals surface area contributed by atoms with Gasteiger partial charge in [-0.25, -0.2) is 0 Å². The van der Waals surface area contributed by atoms with Crippen molar-refractivity contribution in [3.05, 3.63) is 41.5 Å². The van der Waals surface area contributed by atoms with Gasteiger partial charge in [0, 0.05) is 0 Å². The summed E-state index contributed by atoms with van der Waals surface area (Å²) in [5, 5.41) is 0. The van der Waals surface area contributed by atoms with E-state index >= 15 is 0 Å². The standard InChI is InChI=1S/C13H18/c1-4-5-12-6-8-13(9-7-12)10-11(2)3/h4-9,11H,10H2,1-3H3/b5-4+. The van der Waals surface area contributed by atoms with Crippen LogP contribution in [0.25, 0.3) is 6.08 Å². The Morgan fingerprint density at radius 3 is 2.23 bits per heavy atom. The third-order valence-corrected chi connectivity index (χ3v) is 1.98. The summed E-state index contributed by atoms with van der Waals surface area (Å²) in [7, 11) is 0. The van der Waals surface area contributed by atoms with E-state index in [1.54, 1.807) is 0 Å². The van der Waals surface area contributed by atoms with E-state index < -0.39 is 0 Å². The molecule has 0 nitrogen and oxygen atoms in total. The third kappa shape index (κ3) is 3.45. The molecule has 0 aliphatic rings. The summed E-state index contributed by atoms with van der Waals surface area (Å²) < 4.78 is 0. The zero-order chi connectivity index (χ0) is 9.68. The lowest BCUT2D eigenvalue weighted by Crippen LogP contribution is -1.93. The largest absolute Gasteiger partial charge is 0.0871 e. The van der Waals surface area contributed by atoms with E-state index in [4.69, 9.17) is 0 Å². The van der Waals surface area contributed by atoms with Gasteiger partial charge in [-0.05, 0) is 30.4 Å². The highest BCUT2D eigenvalue weighted by Gasteiger charge is 1.96. The second-order valence-corrected chi connectivity index (χ2v) is 3.84. The van der Waals surface area contributed by atoms with E-state index in [9.17, 15) is 0 Å². The van der Waals surface area contributed by atoms with Crippen LogP contribution in [0.15, 0.2) is 30.3 Å². The fourth-order valence-electron chi connectivity index (χ4n) is 1.43. The predicted molar refractivity (Wildman–Crippen MR) is 59.7 cm³/mol. The van der Waals surface area contributed by atoms with Gasteiger partial charge < -0.3 is 0 Å². The van der Waals surface area contributed by atoms with Gasteiger partial charge >= 0.3 is 0 Å². The van der Waals surface area contributed by atoms with Gasteiger partial charge in [-0.3, -0.25) is 0 Å². The van der Waals surface area contributed by atoms with Gasteiger partial charge in [-0.1, -0.05) is 50.3 Å². The Labute approximate surface area is 81.3 Å². The lowest BCUT2D eigenvalue weighted by Gasteiger charge is -2.04. The molecule has 0 fully saturated rings. The summed E-state index contributed by atoms with van der Waals surface area (Å²) in [6.45, 7) is 6.54. The van der Waals surface area contributed by atoms with Crippen LogP contribution in [-0.2, 0) is 6.42 Å². The molecule has 0 bridgehead atoms. The fourth-order valence-corrected chi connectivity index (χ4v) is 1.43. The Bertz CT molecular complexity index is 265. The smallest absolute Gasteiger partial charge is 0.0256 e. The molecular formula is C13H18. The van der Waals surface area contributed by atoms with Crippen LogP contribution in [0.1, 0.15) is 31.9 Å². The van der Waals surface area contributed by atoms with E-state index in [-0.39, 0.29) is 0 Å². The van der Waals surface area contributed by atoms with Crippen molar-refractivity contribution < 1.29 is 0 Å². The number of rotatable bonds is 3. The Kier molecular flexibility index (Phi) is 3.75. The molecule has 0 atom stereocenters. The van der Waals surface area contributed by atoms with Crippen molar-refractivity contribution in [1.82, 2.24) is 0 Å². The first-order valence-electron chi connectivity index (χ1n) is 4.94. The summed E-state index contributed by atoms with van der Waals surface area (Å²) in [4.78, 5) is 0. The van der Waals surface area contributed by atoms with Crippen molar-refractivity contribution in [2.45, 2.75) is 27.2 Å². The lowest BCUT2D eigenvalue weighted by molar-refractivity contribution is 0.647. The number of hydrogen-bond donors (Lipinski definition) is 0. The average Bonchev–Trinajstić information content (AvgIpc) is 2.08. The molecule has 1 aromatic rings. The highest BCUT2D eigenvalue weighted by atomic mass is 14.0. The molecule has 0 spiro atoms. The van der Waals surface area contributed by atoms with Crippen molar-refractivity contribution in [1.29, 1.82) is 0 Å². The summed E-state index contributed by atoms with van der Waals surface area (Å²) in [6.07, 6.45) is 5.37. The summed E-state index contributed by atoms with van der Waals surface area (Å²) in [5.41, 5.74) is 2.72. The van der Waals surface area contributed by atoms with Crippen LogP contribution in [0.5, 0.6) is 0 Å². The van der Waals surface area contributed by atoms with Crippen LogP contribution >= 0.6 is 0 Å². The van der Waals surface area contributed by atoms with Gasteiger partial charge in [0.1, 0.15) is 0 Å². The van der Waals surface area contributed by atoms with Crippen LogP contribution in [-0.4, -0.2) is 0 Å². The highest BCUT2D eigenvalue weighted by Crippen LogP contribution is 2.10. The molecule has 0 aliphatic heterocycles. The molecule has 0 heterocycles. The van der Waals surface area contributed by atoms with Crippen LogP contribution in [0, 0.1) is 5.92 Å². The number of hydrogen-bond acceptors (Lipinski definition) is 0. The number of allylic oxidation sites excluding steroid dienone is 1. The average molecular weight is 174 g/mol. The monoisotopic (exact) mass is 174 g/mol. The molecule has 1 rings (SSSR count). The first-order valence-corrected chi connectivity index (χ1v) is 4.94. The van der Waals surface area contributed by atoms with Gasteiger partial charge in [0.05, 0.1) is 0 Å². The molecule has 0 unspecified atom stereocenters. The summed E-state index contributed by atoms with van der Waals surface area (Å²) in [6, 6.07) is 8.79. The third-order valence-electron chi connectivity index (χ3n) is 1.98. The first-order chi connectivity index (χ1) is 6.22. The quantitative estimate of drug-likeness (QED) is 0.651. The molecule has 0 saturated heterocycles. The minimum atomic E-state index is 0.743. The SMILES string of the molecule is C/C=C/c1ccc(CC(C)C)cc1. The normalized spacial score (nSPS) is 11.4. The minimum Gasteiger partial charge on any atom is -0.0871 e. The van der Waals surface area contributed by atoms with E-state index in [2.05, 4.69) is 50.3 Å². The number of benzene rings is 1. The highest BCUT2D eigenvalue weighted by molar-refractivity contribution is 5.49. The zero-order valence-electron chi connectivity index (χ0n) is 8.75. The van der Waals surface area contributed by atoms with Gasteiger partial charge in [0.15, 0.2) is 0 Å². The molecule has 1 aromatic carbocycles. The molecule has 0 amide bonds. The Balaban J connectivity index is 2.69. The van der Waals surface area contributed by atoms with Gasteiger partial charge in [-0.2, -0.15) is 0 Å². The van der Waals surface area contributed by atoms with Crippen molar-refractivity contribution in [2.75, 3.05) is 0 Å². The van der Waals surface area contributed by atoms with Crippen molar-refractivity contribution >= 4 is 6.08 Å². The predicted octanol–water partition coefficient (Wildman–Crippen LogP) is 3.92. The topological polar surface area (TPSA) is 0 Å². The maximum atomic E-state index is 2.25. The molecule has 0 N–H and O–H groups in total. The summed E-state index contributed by atoms with van der Waals surface area (Å²) in [5.74, 6) is 0.743. The Morgan fingerprint density at radius 2 is 1.77 bits per heavy atom. The summed E-state index contributed by atoms with van der Waals surface area (Å²) >= 11 is 0. The van der Waals surface area contributed by atoms with Crippen molar-refractivity contribution in [3.63, 3.8) is 0 Å². The molecule has 0 aromatic heterocycles. The second-order valence-electron chi connectivity index (χ2n) is 3.84. The molecular weight excluding hydrogens is 156 g/mol. The Morgan fingerprint density at radius 1 is 1.15 bits per heavy atom. The second kappa shape index (κ2) is 4.86. The zero-order valence-corrected chi connectivity index (χ0v) is 8.75. The van der Waals surface area contributed by atoms with E-state index in [1.807, 2.05) is 6.92 Å². The maximum Gasteiger partial charge on any atom is -0.0256 e. The van der Waals surface area contributed by atoms with Crippen LogP contribution < -0.4 is 0 Å². The molecule has 70 valence electrons. The van der Waals surface area contributed by atoms with Crippen molar-refractivity contribution in [2.24, 2.45) is 5.92 Å². The molecule has 0 saturated carbocycles. The van der Waals surface area contributed by atoms with Crippen LogP contribution in [0.3, 0.4) is 0 Å². The molecule has 13 heavy (non-hydrogen) atoms. The minimum absolute atomic E-state index is 0.743. The van der Waals surface area contributed by atoms with Gasteiger partial charge in [-0.15, -0.1) is 0 Å². The maximum absolute atomic E-state index is 2.25. The van der Waals surface area contributed by atoms with E-state index in [0.717, 1.165) is 5.92 Å². The molecule has 0 radical (unpaired) electrons. The van der Waals surface area contributed by atoms with Crippen LogP contribution in [0.4, 0.5) is 0 Å². The van der Waals surface area contributed by atoms with E-state index in [1.165, 1.54) is 17.5 Å². The fraction of sp³-hybridized carbons (Fsp3) is 0.385. The van der Waals surface area contributed by atoms with Gasteiger partial charge in [0.2, 0.25) is 0 Å². The van der Waals surface area contributed by atoms with Gasteiger partial charge in [0.25, 0.3) is 0 Å².